The molecule has 0 saturated heterocycles. The second kappa shape index (κ2) is 9.10. The summed E-state index contributed by atoms with van der Waals surface area (Å²) in [6, 6.07) is 26.6. The predicted molar refractivity (Wildman–Crippen MR) is 133 cm³/mol. The standard InChI is InChI=1S/C30H28N.Ti/c1-19-15-21(3)30(22(4)16-19)31-18-28-25-11-7-5-9-23(25)13-14-27(28)29-20(2)17-24-10-6-8-12-26(24)29;/h5-17,29H,18H2,1-4H3;/q-1;. The summed E-state index contributed by atoms with van der Waals surface area (Å²) in [7, 11) is 0. The van der Waals surface area contributed by atoms with Gasteiger partial charge in [-0.05, 0) is 55.2 Å². The van der Waals surface area contributed by atoms with Crippen molar-refractivity contribution in [3.8, 4) is 0 Å². The van der Waals surface area contributed by atoms with Gasteiger partial charge in [0.05, 0.1) is 0 Å². The fraction of sp³-hybridized carbons (Fsp3) is 0.200. The van der Waals surface area contributed by atoms with E-state index in [1.165, 1.54) is 55.3 Å². The van der Waals surface area contributed by atoms with Crippen molar-refractivity contribution in [2.24, 2.45) is 0 Å². The van der Waals surface area contributed by atoms with Crippen LogP contribution in [0.1, 0.15) is 51.8 Å². The Morgan fingerprint density at radius 3 is 2.22 bits per heavy atom. The van der Waals surface area contributed by atoms with Gasteiger partial charge in [0.1, 0.15) is 0 Å². The molecule has 0 saturated carbocycles. The summed E-state index contributed by atoms with van der Waals surface area (Å²) in [5, 5.41) is 7.75. The molecule has 1 aliphatic carbocycles. The third kappa shape index (κ3) is 3.96. The van der Waals surface area contributed by atoms with Crippen LogP contribution in [0.4, 0.5) is 5.69 Å². The average Bonchev–Trinajstić information content (AvgIpc) is 3.08. The van der Waals surface area contributed by atoms with Crippen LogP contribution in [0.3, 0.4) is 0 Å². The van der Waals surface area contributed by atoms with Crippen LogP contribution >= 0.6 is 0 Å². The van der Waals surface area contributed by atoms with Crippen molar-refractivity contribution >= 4 is 22.5 Å². The van der Waals surface area contributed by atoms with Gasteiger partial charge in [-0.1, -0.05) is 107 Å². The number of nitrogens with zero attached hydrogens (tertiary/aromatic N) is 1. The number of benzene rings is 4. The summed E-state index contributed by atoms with van der Waals surface area (Å²) >= 11 is 0. The molecular formula is C30H28NTi-. The van der Waals surface area contributed by atoms with Crippen molar-refractivity contribution < 1.29 is 21.7 Å². The fourth-order valence-electron chi connectivity index (χ4n) is 5.27. The molecule has 2 heteroatoms. The Kier molecular flexibility index (Phi) is 6.42. The third-order valence-electron chi connectivity index (χ3n) is 6.56. The van der Waals surface area contributed by atoms with Crippen LogP contribution in [0, 0.1) is 20.8 Å². The molecule has 4 aromatic rings. The van der Waals surface area contributed by atoms with Crippen molar-refractivity contribution in [3.05, 3.63) is 123 Å². The number of rotatable bonds is 4. The minimum absolute atomic E-state index is 0. The van der Waals surface area contributed by atoms with E-state index < -0.39 is 0 Å². The van der Waals surface area contributed by atoms with Crippen LogP contribution in [0.25, 0.3) is 22.2 Å². The van der Waals surface area contributed by atoms with Gasteiger partial charge in [-0.2, -0.15) is 0 Å². The van der Waals surface area contributed by atoms with E-state index in [0.29, 0.717) is 12.5 Å². The van der Waals surface area contributed by atoms with Crippen LogP contribution in [-0.4, -0.2) is 0 Å². The van der Waals surface area contributed by atoms with Crippen LogP contribution in [0.5, 0.6) is 0 Å². The molecule has 1 unspecified atom stereocenters. The number of fused-ring (bicyclic) bond motifs is 2. The second-order valence-electron chi connectivity index (χ2n) is 8.87. The summed E-state index contributed by atoms with van der Waals surface area (Å²) in [4.78, 5) is 0. The molecule has 0 aromatic heterocycles. The second-order valence-corrected chi connectivity index (χ2v) is 8.87. The normalized spacial score (nSPS) is 14.6. The molecular weight excluding hydrogens is 422 g/mol. The Balaban J connectivity index is 0.00000245. The van der Waals surface area contributed by atoms with Crippen LogP contribution in [0.2, 0.25) is 0 Å². The molecule has 1 nitrogen and oxygen atoms in total. The Morgan fingerprint density at radius 2 is 1.44 bits per heavy atom. The maximum absolute atomic E-state index is 5.16. The number of allylic oxidation sites excluding steroid dienone is 1. The number of aryl methyl sites for hydroxylation is 3. The third-order valence-corrected chi connectivity index (χ3v) is 6.56. The first-order chi connectivity index (χ1) is 15.0. The maximum Gasteiger partial charge on any atom is 0.0307 e. The van der Waals surface area contributed by atoms with E-state index in [4.69, 9.17) is 5.32 Å². The topological polar surface area (TPSA) is 14.1 Å². The minimum Gasteiger partial charge on any atom is -0.680 e. The molecule has 0 heterocycles. The van der Waals surface area contributed by atoms with Crippen molar-refractivity contribution in [1.82, 2.24) is 0 Å². The van der Waals surface area contributed by atoms with Gasteiger partial charge in [-0.25, -0.2) is 0 Å². The Bertz CT molecular complexity index is 1310. The van der Waals surface area contributed by atoms with E-state index in [1.54, 1.807) is 0 Å². The minimum atomic E-state index is 0. The van der Waals surface area contributed by atoms with E-state index in [0.717, 1.165) is 5.69 Å². The van der Waals surface area contributed by atoms with Gasteiger partial charge in [0, 0.05) is 27.6 Å². The van der Waals surface area contributed by atoms with E-state index in [2.05, 4.69) is 107 Å². The van der Waals surface area contributed by atoms with Crippen molar-refractivity contribution in [3.63, 3.8) is 0 Å². The van der Waals surface area contributed by atoms with Gasteiger partial charge in [0.2, 0.25) is 0 Å². The van der Waals surface area contributed by atoms with E-state index >= 15 is 0 Å². The molecule has 158 valence electrons. The molecule has 0 radical (unpaired) electrons. The molecule has 32 heavy (non-hydrogen) atoms. The Morgan fingerprint density at radius 1 is 0.750 bits per heavy atom. The molecule has 0 bridgehead atoms. The Hall–Kier alpha value is -2.61. The van der Waals surface area contributed by atoms with Gasteiger partial charge in [-0.3, -0.25) is 0 Å². The maximum atomic E-state index is 5.16. The monoisotopic (exact) mass is 450 g/mol. The van der Waals surface area contributed by atoms with E-state index in [-0.39, 0.29) is 21.7 Å². The van der Waals surface area contributed by atoms with Gasteiger partial charge < -0.3 is 5.32 Å². The van der Waals surface area contributed by atoms with Crippen LogP contribution in [0.15, 0.2) is 78.4 Å². The zero-order valence-electron chi connectivity index (χ0n) is 19.2. The van der Waals surface area contributed by atoms with E-state index in [1.807, 2.05) is 0 Å². The molecule has 0 aliphatic heterocycles. The number of hydrogen-bond donors (Lipinski definition) is 0. The predicted octanol–water partition coefficient (Wildman–Crippen LogP) is 8.52. The molecule has 0 N–H and O–H groups in total. The van der Waals surface area contributed by atoms with Gasteiger partial charge in [-0.15, -0.1) is 12.2 Å². The molecule has 0 fully saturated rings. The zero-order chi connectivity index (χ0) is 21.5. The first kappa shape index (κ1) is 22.6. The molecule has 4 aromatic carbocycles. The fourth-order valence-corrected chi connectivity index (χ4v) is 5.27. The van der Waals surface area contributed by atoms with Gasteiger partial charge in [0.25, 0.3) is 0 Å². The quantitative estimate of drug-likeness (QED) is 0.277. The van der Waals surface area contributed by atoms with Gasteiger partial charge in [0.15, 0.2) is 0 Å². The van der Waals surface area contributed by atoms with Gasteiger partial charge >= 0.3 is 0 Å². The van der Waals surface area contributed by atoms with Crippen molar-refractivity contribution in [2.75, 3.05) is 0 Å². The molecule has 1 atom stereocenters. The smallest absolute Gasteiger partial charge is 0.0307 e. The van der Waals surface area contributed by atoms with Crippen molar-refractivity contribution in [2.45, 2.75) is 40.2 Å². The summed E-state index contributed by atoms with van der Waals surface area (Å²) in [6.07, 6.45) is 2.34. The molecule has 1 aliphatic rings. The average molecular weight is 450 g/mol. The largest absolute Gasteiger partial charge is 0.680 e. The SMILES string of the molecule is CC1=Cc2ccccc2C1c1ccc2ccccc2c1C[N-]c1c(C)cc(C)cc1C.[Ti]. The molecule has 5 rings (SSSR count). The first-order valence-corrected chi connectivity index (χ1v) is 11.1. The Labute approximate surface area is 206 Å². The van der Waals surface area contributed by atoms with E-state index in [9.17, 15) is 0 Å². The molecule has 0 amide bonds. The first-order valence-electron chi connectivity index (χ1n) is 11.1. The van der Waals surface area contributed by atoms with Crippen LogP contribution < -0.4 is 0 Å². The van der Waals surface area contributed by atoms with Crippen molar-refractivity contribution in [1.29, 1.82) is 0 Å². The summed E-state index contributed by atoms with van der Waals surface area (Å²) in [5.41, 5.74) is 11.8. The molecule has 0 spiro atoms. The zero-order valence-corrected chi connectivity index (χ0v) is 20.8. The summed E-state index contributed by atoms with van der Waals surface area (Å²) in [5.74, 6) is 0.297. The summed E-state index contributed by atoms with van der Waals surface area (Å²) in [6.45, 7) is 9.44. The summed E-state index contributed by atoms with van der Waals surface area (Å²) < 4.78 is 0. The van der Waals surface area contributed by atoms with Crippen LogP contribution in [-0.2, 0) is 28.3 Å². The number of hydrogen-bond acceptors (Lipinski definition) is 0.